The topological polar surface area (TPSA) is 64.1 Å². The van der Waals surface area contributed by atoms with Crippen LogP contribution in [-0.4, -0.2) is 51.6 Å². The zero-order valence-electron chi connectivity index (χ0n) is 18.4. The third-order valence-corrected chi connectivity index (χ3v) is 4.62. The van der Waals surface area contributed by atoms with Crippen LogP contribution in [0.1, 0.15) is 51.2 Å². The smallest absolute Gasteiger partial charge is 0.191 e. The van der Waals surface area contributed by atoms with Gasteiger partial charge in [-0.05, 0) is 43.2 Å². The van der Waals surface area contributed by atoms with Gasteiger partial charge in [0.2, 0.25) is 0 Å². The molecule has 0 amide bonds. The lowest BCUT2D eigenvalue weighted by molar-refractivity contribution is -0.0390. The molecule has 1 aliphatic rings. The van der Waals surface area contributed by atoms with Crippen molar-refractivity contribution in [1.29, 1.82) is 0 Å². The molecule has 0 bridgehead atoms. The minimum atomic E-state index is 0.319. The number of guanidine groups is 1. The van der Waals surface area contributed by atoms with E-state index in [4.69, 9.17) is 19.2 Å². The van der Waals surface area contributed by atoms with Crippen molar-refractivity contribution in [2.45, 2.75) is 59.3 Å². The van der Waals surface area contributed by atoms with E-state index in [1.165, 1.54) is 11.1 Å². The average Bonchev–Trinajstić information content (AvgIpc) is 2.73. The molecule has 1 aromatic rings. The number of benzene rings is 1. The third kappa shape index (κ3) is 10.6. The fraction of sp³-hybridized carbons (Fsp3) is 0.696. The Labute approximate surface area is 176 Å². The van der Waals surface area contributed by atoms with Crippen LogP contribution in [0, 0.1) is 5.92 Å². The number of aliphatic imine (C=N–C) groups is 1. The lowest BCUT2D eigenvalue weighted by atomic mass is 10.1. The second-order valence-corrected chi connectivity index (χ2v) is 7.89. The first-order chi connectivity index (χ1) is 14.2. The fourth-order valence-corrected chi connectivity index (χ4v) is 3.09. The maximum absolute atomic E-state index is 6.04. The Morgan fingerprint density at radius 2 is 2.00 bits per heavy atom. The summed E-state index contributed by atoms with van der Waals surface area (Å²) in [4.78, 5) is 4.72. The minimum Gasteiger partial charge on any atom is -0.381 e. The molecular formula is C23H39N3O3. The van der Waals surface area contributed by atoms with E-state index < -0.39 is 0 Å². The van der Waals surface area contributed by atoms with Gasteiger partial charge in [-0.1, -0.05) is 38.1 Å². The van der Waals surface area contributed by atoms with Crippen LogP contribution in [0.4, 0.5) is 0 Å². The molecule has 164 valence electrons. The summed E-state index contributed by atoms with van der Waals surface area (Å²) in [6.45, 7) is 12.6. The van der Waals surface area contributed by atoms with Gasteiger partial charge in [0.1, 0.15) is 0 Å². The van der Waals surface area contributed by atoms with Crippen molar-refractivity contribution < 1.29 is 14.2 Å². The van der Waals surface area contributed by atoms with Crippen molar-refractivity contribution in [3.8, 4) is 0 Å². The standard InChI is InChI=1S/C23H39N3O3/c1-4-24-23(25-11-6-12-28-17-19(2)3)26-16-20-7-5-8-21(15-20)18-29-22-9-13-27-14-10-22/h5,7-8,15,19,22H,4,6,9-14,16-18H2,1-3H3,(H2,24,25,26). The van der Waals surface area contributed by atoms with Gasteiger partial charge in [-0.3, -0.25) is 0 Å². The Morgan fingerprint density at radius 3 is 2.76 bits per heavy atom. The van der Waals surface area contributed by atoms with Crippen molar-refractivity contribution in [3.63, 3.8) is 0 Å². The fourth-order valence-electron chi connectivity index (χ4n) is 3.09. The predicted octanol–water partition coefficient (Wildman–Crippen LogP) is 3.50. The molecule has 0 aliphatic carbocycles. The summed E-state index contributed by atoms with van der Waals surface area (Å²) in [5.41, 5.74) is 2.39. The van der Waals surface area contributed by atoms with E-state index in [0.717, 1.165) is 64.7 Å². The minimum absolute atomic E-state index is 0.319. The molecule has 1 aliphatic heterocycles. The highest BCUT2D eigenvalue weighted by atomic mass is 16.5. The molecule has 1 heterocycles. The first kappa shape index (κ1) is 23.6. The van der Waals surface area contributed by atoms with Crippen molar-refractivity contribution in [1.82, 2.24) is 10.6 Å². The number of ether oxygens (including phenoxy) is 3. The molecule has 0 radical (unpaired) electrons. The van der Waals surface area contributed by atoms with Gasteiger partial charge in [-0.25, -0.2) is 4.99 Å². The first-order valence-electron chi connectivity index (χ1n) is 11.0. The molecule has 2 rings (SSSR count). The molecule has 29 heavy (non-hydrogen) atoms. The lowest BCUT2D eigenvalue weighted by Crippen LogP contribution is -2.38. The normalized spacial score (nSPS) is 15.7. The summed E-state index contributed by atoms with van der Waals surface area (Å²) >= 11 is 0. The van der Waals surface area contributed by atoms with Crippen LogP contribution in [0.3, 0.4) is 0 Å². The van der Waals surface area contributed by atoms with Gasteiger partial charge in [-0.2, -0.15) is 0 Å². The molecule has 2 N–H and O–H groups in total. The summed E-state index contributed by atoms with van der Waals surface area (Å²) in [6.07, 6.45) is 3.27. The number of nitrogens with one attached hydrogen (secondary N) is 2. The van der Waals surface area contributed by atoms with E-state index in [9.17, 15) is 0 Å². The lowest BCUT2D eigenvalue weighted by Gasteiger charge is -2.22. The quantitative estimate of drug-likeness (QED) is 0.317. The van der Waals surface area contributed by atoms with Crippen molar-refractivity contribution in [3.05, 3.63) is 35.4 Å². The average molecular weight is 406 g/mol. The van der Waals surface area contributed by atoms with Gasteiger partial charge in [0.15, 0.2) is 5.96 Å². The number of rotatable bonds is 12. The second kappa shape index (κ2) is 14.4. The Bertz CT molecular complexity index is 586. The number of hydrogen-bond acceptors (Lipinski definition) is 4. The summed E-state index contributed by atoms with van der Waals surface area (Å²) in [6, 6.07) is 8.50. The molecular weight excluding hydrogens is 366 g/mol. The highest BCUT2D eigenvalue weighted by Gasteiger charge is 2.14. The van der Waals surface area contributed by atoms with E-state index in [0.29, 0.717) is 25.2 Å². The van der Waals surface area contributed by atoms with E-state index in [-0.39, 0.29) is 0 Å². The third-order valence-electron chi connectivity index (χ3n) is 4.62. The van der Waals surface area contributed by atoms with Crippen LogP contribution < -0.4 is 10.6 Å². The molecule has 0 spiro atoms. The van der Waals surface area contributed by atoms with Gasteiger partial charge in [0, 0.05) is 39.5 Å². The molecule has 1 saturated heterocycles. The SMILES string of the molecule is CCNC(=NCc1cccc(COC2CCOCC2)c1)NCCCOCC(C)C. The van der Waals surface area contributed by atoms with Gasteiger partial charge in [0.05, 0.1) is 19.3 Å². The number of hydrogen-bond donors (Lipinski definition) is 2. The number of nitrogens with zero attached hydrogens (tertiary/aromatic N) is 1. The van der Waals surface area contributed by atoms with E-state index in [2.05, 4.69) is 55.7 Å². The zero-order chi connectivity index (χ0) is 20.7. The maximum Gasteiger partial charge on any atom is 0.191 e. The second-order valence-electron chi connectivity index (χ2n) is 7.89. The first-order valence-corrected chi connectivity index (χ1v) is 11.0. The molecule has 1 aromatic carbocycles. The molecule has 6 nitrogen and oxygen atoms in total. The van der Waals surface area contributed by atoms with Crippen molar-refractivity contribution in [2.75, 3.05) is 39.5 Å². The molecule has 0 atom stereocenters. The van der Waals surface area contributed by atoms with Gasteiger partial charge in [0.25, 0.3) is 0 Å². The highest BCUT2D eigenvalue weighted by molar-refractivity contribution is 5.79. The van der Waals surface area contributed by atoms with Gasteiger partial charge < -0.3 is 24.8 Å². The monoisotopic (exact) mass is 405 g/mol. The maximum atomic E-state index is 6.04. The van der Waals surface area contributed by atoms with Gasteiger partial charge in [-0.15, -0.1) is 0 Å². The highest BCUT2D eigenvalue weighted by Crippen LogP contribution is 2.14. The van der Waals surface area contributed by atoms with E-state index in [1.807, 2.05) is 0 Å². The van der Waals surface area contributed by atoms with Crippen LogP contribution in [0.2, 0.25) is 0 Å². The van der Waals surface area contributed by atoms with Crippen molar-refractivity contribution >= 4 is 5.96 Å². The molecule has 0 saturated carbocycles. The van der Waals surface area contributed by atoms with Crippen LogP contribution in [-0.2, 0) is 27.4 Å². The summed E-state index contributed by atoms with van der Waals surface area (Å²) in [5.74, 6) is 1.43. The van der Waals surface area contributed by atoms with Crippen LogP contribution in [0.15, 0.2) is 29.3 Å². The van der Waals surface area contributed by atoms with Crippen LogP contribution in [0.25, 0.3) is 0 Å². The summed E-state index contributed by atoms with van der Waals surface area (Å²) in [5, 5.41) is 6.69. The van der Waals surface area contributed by atoms with E-state index in [1.54, 1.807) is 0 Å². The Kier molecular flexibility index (Phi) is 11.7. The molecule has 0 unspecified atom stereocenters. The predicted molar refractivity (Wildman–Crippen MR) is 118 cm³/mol. The van der Waals surface area contributed by atoms with Gasteiger partial charge >= 0.3 is 0 Å². The van der Waals surface area contributed by atoms with Crippen LogP contribution >= 0.6 is 0 Å². The summed E-state index contributed by atoms with van der Waals surface area (Å²) in [7, 11) is 0. The van der Waals surface area contributed by atoms with Crippen LogP contribution in [0.5, 0.6) is 0 Å². The molecule has 1 fully saturated rings. The molecule has 6 heteroatoms. The largest absolute Gasteiger partial charge is 0.381 e. The Hall–Kier alpha value is -1.63. The Morgan fingerprint density at radius 1 is 1.21 bits per heavy atom. The Balaban J connectivity index is 1.75. The van der Waals surface area contributed by atoms with Crippen molar-refractivity contribution in [2.24, 2.45) is 10.9 Å². The molecule has 0 aromatic heterocycles. The zero-order valence-corrected chi connectivity index (χ0v) is 18.4. The summed E-state index contributed by atoms with van der Waals surface area (Å²) < 4.78 is 17.1. The van der Waals surface area contributed by atoms with E-state index >= 15 is 0 Å².